The van der Waals surface area contributed by atoms with E-state index in [0.717, 1.165) is 5.56 Å². The first-order valence-corrected chi connectivity index (χ1v) is 5.71. The van der Waals surface area contributed by atoms with Crippen LogP contribution in [0.4, 0.5) is 10.1 Å². The van der Waals surface area contributed by atoms with Crippen LogP contribution in [0, 0.1) is 12.7 Å². The zero-order valence-electron chi connectivity index (χ0n) is 8.46. The molecule has 0 aliphatic heterocycles. The summed E-state index contributed by atoms with van der Waals surface area (Å²) in [6.45, 7) is 2.62. The van der Waals surface area contributed by atoms with Gasteiger partial charge in [-0.2, -0.15) is 11.3 Å². The Labute approximate surface area is 92.6 Å². The quantitative estimate of drug-likeness (QED) is 0.831. The highest BCUT2D eigenvalue weighted by atomic mass is 32.1. The number of thiophene rings is 1. The van der Waals surface area contributed by atoms with Gasteiger partial charge < -0.3 is 5.32 Å². The highest BCUT2D eigenvalue weighted by Gasteiger charge is 2.01. The Morgan fingerprint density at radius 2 is 2.20 bits per heavy atom. The molecule has 3 heteroatoms. The van der Waals surface area contributed by atoms with Crippen LogP contribution >= 0.6 is 11.3 Å². The molecule has 0 atom stereocenters. The molecule has 2 aromatic rings. The summed E-state index contributed by atoms with van der Waals surface area (Å²) < 4.78 is 13.3. The van der Waals surface area contributed by atoms with E-state index in [4.69, 9.17) is 0 Å². The van der Waals surface area contributed by atoms with Gasteiger partial charge in [0.2, 0.25) is 0 Å². The van der Waals surface area contributed by atoms with Gasteiger partial charge in [-0.1, -0.05) is 6.07 Å². The predicted molar refractivity (Wildman–Crippen MR) is 62.8 cm³/mol. The molecule has 15 heavy (non-hydrogen) atoms. The highest BCUT2D eigenvalue weighted by Crippen LogP contribution is 2.17. The van der Waals surface area contributed by atoms with Crippen molar-refractivity contribution >= 4 is 17.0 Å². The fourth-order valence-electron chi connectivity index (χ4n) is 1.37. The van der Waals surface area contributed by atoms with Crippen LogP contribution in [0.1, 0.15) is 11.1 Å². The van der Waals surface area contributed by atoms with Crippen molar-refractivity contribution in [3.05, 3.63) is 52.0 Å². The third kappa shape index (κ3) is 2.57. The van der Waals surface area contributed by atoms with Gasteiger partial charge >= 0.3 is 0 Å². The molecule has 0 unspecified atom stereocenters. The zero-order valence-corrected chi connectivity index (χ0v) is 9.27. The average Bonchev–Trinajstić information content (AvgIpc) is 2.72. The second kappa shape index (κ2) is 4.45. The van der Waals surface area contributed by atoms with E-state index in [2.05, 4.69) is 10.7 Å². The molecule has 0 saturated carbocycles. The molecule has 1 nitrogen and oxygen atoms in total. The smallest absolute Gasteiger partial charge is 0.146 e. The minimum Gasteiger partial charge on any atom is -0.379 e. The summed E-state index contributed by atoms with van der Waals surface area (Å²) >= 11 is 1.65. The molecular formula is C12H12FNS. The minimum atomic E-state index is -0.198. The Balaban J connectivity index is 2.07. The first-order valence-electron chi connectivity index (χ1n) is 4.77. The Hall–Kier alpha value is -1.35. The number of rotatable bonds is 3. The molecule has 0 fully saturated rings. The van der Waals surface area contributed by atoms with Crippen LogP contribution in [-0.2, 0) is 6.54 Å². The van der Waals surface area contributed by atoms with E-state index < -0.39 is 0 Å². The maximum absolute atomic E-state index is 13.3. The topological polar surface area (TPSA) is 12.0 Å². The molecule has 0 amide bonds. The lowest BCUT2D eigenvalue weighted by atomic mass is 10.2. The Kier molecular flexibility index (Phi) is 3.02. The van der Waals surface area contributed by atoms with Crippen molar-refractivity contribution in [3.63, 3.8) is 0 Å². The summed E-state index contributed by atoms with van der Waals surface area (Å²) in [5.74, 6) is -0.198. The van der Waals surface area contributed by atoms with E-state index in [1.54, 1.807) is 17.4 Å². The van der Waals surface area contributed by atoms with E-state index in [-0.39, 0.29) is 5.82 Å². The van der Waals surface area contributed by atoms with Crippen molar-refractivity contribution in [3.8, 4) is 0 Å². The second-order valence-electron chi connectivity index (χ2n) is 3.47. The summed E-state index contributed by atoms with van der Waals surface area (Å²) in [6.07, 6.45) is 0. The van der Waals surface area contributed by atoms with Gasteiger partial charge in [-0.3, -0.25) is 0 Å². The van der Waals surface area contributed by atoms with E-state index in [9.17, 15) is 4.39 Å². The van der Waals surface area contributed by atoms with Crippen LogP contribution < -0.4 is 5.32 Å². The van der Waals surface area contributed by atoms with Crippen molar-refractivity contribution in [1.29, 1.82) is 0 Å². The number of hydrogen-bond donors (Lipinski definition) is 1. The molecule has 1 heterocycles. The van der Waals surface area contributed by atoms with Gasteiger partial charge in [-0.25, -0.2) is 4.39 Å². The van der Waals surface area contributed by atoms with E-state index in [0.29, 0.717) is 12.2 Å². The summed E-state index contributed by atoms with van der Waals surface area (Å²) in [5, 5.41) is 7.16. The maximum Gasteiger partial charge on any atom is 0.146 e. The Bertz CT molecular complexity index is 437. The lowest BCUT2D eigenvalue weighted by Crippen LogP contribution is -2.00. The van der Waals surface area contributed by atoms with Gasteiger partial charge in [0.05, 0.1) is 5.69 Å². The number of nitrogens with one attached hydrogen (secondary N) is 1. The van der Waals surface area contributed by atoms with Crippen LogP contribution in [0.15, 0.2) is 35.0 Å². The Morgan fingerprint density at radius 3 is 2.93 bits per heavy atom. The van der Waals surface area contributed by atoms with Crippen molar-refractivity contribution in [2.45, 2.75) is 13.5 Å². The number of halogens is 1. The largest absolute Gasteiger partial charge is 0.379 e. The number of aryl methyl sites for hydroxylation is 1. The first kappa shape index (κ1) is 10.2. The molecule has 0 radical (unpaired) electrons. The molecular weight excluding hydrogens is 209 g/mol. The van der Waals surface area contributed by atoms with Crippen molar-refractivity contribution < 1.29 is 4.39 Å². The predicted octanol–water partition coefficient (Wildman–Crippen LogP) is 3.81. The monoisotopic (exact) mass is 221 g/mol. The van der Waals surface area contributed by atoms with E-state index in [1.165, 1.54) is 11.6 Å². The van der Waals surface area contributed by atoms with Crippen molar-refractivity contribution in [1.82, 2.24) is 0 Å². The van der Waals surface area contributed by atoms with Crippen LogP contribution in [0.2, 0.25) is 0 Å². The number of benzene rings is 1. The van der Waals surface area contributed by atoms with Crippen LogP contribution in [0.3, 0.4) is 0 Å². The van der Waals surface area contributed by atoms with E-state index >= 15 is 0 Å². The molecule has 0 aliphatic carbocycles. The van der Waals surface area contributed by atoms with Gasteiger partial charge in [0, 0.05) is 6.54 Å². The zero-order chi connectivity index (χ0) is 10.7. The molecule has 1 N–H and O–H groups in total. The molecule has 0 saturated heterocycles. The fourth-order valence-corrected chi connectivity index (χ4v) is 2.03. The summed E-state index contributed by atoms with van der Waals surface area (Å²) in [4.78, 5) is 0. The third-order valence-corrected chi connectivity index (χ3v) is 2.92. The molecule has 1 aromatic heterocycles. The molecule has 78 valence electrons. The first-order chi connectivity index (χ1) is 7.25. The number of anilines is 1. The summed E-state index contributed by atoms with van der Waals surface area (Å²) in [6, 6.07) is 7.11. The SMILES string of the molecule is Cc1ccc(F)c(NCc2ccsc2)c1. The normalized spacial score (nSPS) is 10.3. The van der Waals surface area contributed by atoms with Crippen LogP contribution in [-0.4, -0.2) is 0 Å². The third-order valence-electron chi connectivity index (χ3n) is 2.18. The standard InChI is InChI=1S/C12H12FNS/c1-9-2-3-11(13)12(6-9)14-7-10-4-5-15-8-10/h2-6,8,14H,7H2,1H3. The minimum absolute atomic E-state index is 0.198. The van der Waals surface area contributed by atoms with Gasteiger partial charge in [0.15, 0.2) is 0 Å². The van der Waals surface area contributed by atoms with Crippen LogP contribution in [0.5, 0.6) is 0 Å². The lowest BCUT2D eigenvalue weighted by molar-refractivity contribution is 0.629. The average molecular weight is 221 g/mol. The molecule has 2 rings (SSSR count). The summed E-state index contributed by atoms with van der Waals surface area (Å²) in [7, 11) is 0. The molecule has 1 aromatic carbocycles. The van der Waals surface area contributed by atoms with Crippen molar-refractivity contribution in [2.24, 2.45) is 0 Å². The summed E-state index contributed by atoms with van der Waals surface area (Å²) in [5.41, 5.74) is 2.81. The van der Waals surface area contributed by atoms with Gasteiger partial charge in [0.1, 0.15) is 5.82 Å². The second-order valence-corrected chi connectivity index (χ2v) is 4.25. The lowest BCUT2D eigenvalue weighted by Gasteiger charge is -2.07. The molecule has 0 aliphatic rings. The van der Waals surface area contributed by atoms with Gasteiger partial charge in [0.25, 0.3) is 0 Å². The van der Waals surface area contributed by atoms with Gasteiger partial charge in [-0.05, 0) is 47.0 Å². The van der Waals surface area contributed by atoms with E-state index in [1.807, 2.05) is 24.4 Å². The number of hydrogen-bond acceptors (Lipinski definition) is 2. The van der Waals surface area contributed by atoms with Crippen molar-refractivity contribution in [2.75, 3.05) is 5.32 Å². The maximum atomic E-state index is 13.3. The molecule has 0 spiro atoms. The fraction of sp³-hybridized carbons (Fsp3) is 0.167. The molecule has 0 bridgehead atoms. The Morgan fingerprint density at radius 1 is 1.33 bits per heavy atom. The van der Waals surface area contributed by atoms with Gasteiger partial charge in [-0.15, -0.1) is 0 Å². The van der Waals surface area contributed by atoms with Crippen LogP contribution in [0.25, 0.3) is 0 Å². The highest BCUT2D eigenvalue weighted by molar-refractivity contribution is 7.07.